The zero-order valence-electron chi connectivity index (χ0n) is 9.12. The molecule has 0 aliphatic heterocycles. The fraction of sp³-hybridized carbons (Fsp3) is 0. The maximum Gasteiger partial charge on any atom is 0.159 e. The van der Waals surface area contributed by atoms with Crippen molar-refractivity contribution in [2.75, 3.05) is 0 Å². The lowest BCUT2D eigenvalue weighted by molar-refractivity contribution is 0.950. The molecule has 0 saturated heterocycles. The van der Waals surface area contributed by atoms with E-state index >= 15 is 0 Å². The minimum Gasteiger partial charge on any atom is -0.260 e. The summed E-state index contributed by atoms with van der Waals surface area (Å²) >= 11 is 7.44. The molecule has 1 aromatic carbocycles. The molecule has 0 spiro atoms. The first-order chi connectivity index (χ1) is 8.84. The minimum absolute atomic E-state index is 0.411. The van der Waals surface area contributed by atoms with Gasteiger partial charge in [-0.1, -0.05) is 35.9 Å². The van der Waals surface area contributed by atoms with E-state index in [1.165, 1.54) is 11.8 Å². The van der Waals surface area contributed by atoms with Crippen LogP contribution in [0.25, 0.3) is 10.8 Å². The van der Waals surface area contributed by atoms with E-state index in [-0.39, 0.29) is 0 Å². The van der Waals surface area contributed by atoms with Crippen molar-refractivity contribution in [3.63, 3.8) is 0 Å². The van der Waals surface area contributed by atoms with Gasteiger partial charge in [0, 0.05) is 23.2 Å². The summed E-state index contributed by atoms with van der Waals surface area (Å²) in [6, 6.07) is 7.76. The Morgan fingerprint density at radius 3 is 2.61 bits per heavy atom. The van der Waals surface area contributed by atoms with Crippen molar-refractivity contribution in [3.8, 4) is 0 Å². The van der Waals surface area contributed by atoms with Crippen LogP contribution >= 0.6 is 23.4 Å². The first-order valence-electron chi connectivity index (χ1n) is 5.19. The molecule has 0 aliphatic carbocycles. The third-order valence-corrected chi connectivity index (χ3v) is 3.54. The molecule has 0 aliphatic rings. The second-order valence-corrected chi connectivity index (χ2v) is 4.85. The van der Waals surface area contributed by atoms with Gasteiger partial charge in [-0.15, -0.1) is 10.2 Å². The SMILES string of the molecule is Clc1nnc(Sc2cnccn2)c2ccccc12. The summed E-state index contributed by atoms with van der Waals surface area (Å²) in [5, 5.41) is 11.9. The van der Waals surface area contributed by atoms with E-state index in [2.05, 4.69) is 20.2 Å². The van der Waals surface area contributed by atoms with Gasteiger partial charge in [-0.25, -0.2) is 4.98 Å². The van der Waals surface area contributed by atoms with Gasteiger partial charge in [-0.05, 0) is 11.8 Å². The lowest BCUT2D eigenvalue weighted by atomic mass is 10.2. The number of aromatic nitrogens is 4. The highest BCUT2D eigenvalue weighted by Gasteiger charge is 2.09. The van der Waals surface area contributed by atoms with Crippen molar-refractivity contribution in [1.29, 1.82) is 0 Å². The van der Waals surface area contributed by atoms with Crippen molar-refractivity contribution in [1.82, 2.24) is 20.2 Å². The largest absolute Gasteiger partial charge is 0.260 e. The average Bonchev–Trinajstić information content (AvgIpc) is 2.44. The van der Waals surface area contributed by atoms with Crippen molar-refractivity contribution >= 4 is 34.1 Å². The van der Waals surface area contributed by atoms with Gasteiger partial charge in [0.15, 0.2) is 5.15 Å². The third-order valence-electron chi connectivity index (χ3n) is 2.35. The Labute approximate surface area is 112 Å². The Hall–Kier alpha value is -1.72. The van der Waals surface area contributed by atoms with Crippen molar-refractivity contribution in [3.05, 3.63) is 48.0 Å². The molecule has 2 heterocycles. The zero-order valence-corrected chi connectivity index (χ0v) is 10.7. The molecule has 4 nitrogen and oxygen atoms in total. The fourth-order valence-corrected chi connectivity index (χ4v) is 2.56. The van der Waals surface area contributed by atoms with E-state index in [4.69, 9.17) is 11.6 Å². The highest BCUT2D eigenvalue weighted by molar-refractivity contribution is 7.99. The summed E-state index contributed by atoms with van der Waals surface area (Å²) in [6.45, 7) is 0. The Kier molecular flexibility index (Phi) is 3.08. The van der Waals surface area contributed by atoms with Gasteiger partial charge in [-0.2, -0.15) is 0 Å². The molecule has 88 valence electrons. The van der Waals surface area contributed by atoms with Crippen LogP contribution in [-0.4, -0.2) is 20.2 Å². The van der Waals surface area contributed by atoms with Gasteiger partial charge in [0.05, 0.1) is 6.20 Å². The van der Waals surface area contributed by atoms with Crippen molar-refractivity contribution in [2.24, 2.45) is 0 Å². The maximum absolute atomic E-state index is 6.02. The molecule has 0 saturated carbocycles. The maximum atomic E-state index is 6.02. The first-order valence-corrected chi connectivity index (χ1v) is 6.39. The van der Waals surface area contributed by atoms with E-state index in [0.29, 0.717) is 5.15 Å². The van der Waals surface area contributed by atoms with Crippen molar-refractivity contribution in [2.45, 2.75) is 10.1 Å². The minimum atomic E-state index is 0.411. The number of halogens is 1. The second kappa shape index (κ2) is 4.88. The Morgan fingerprint density at radius 1 is 1.00 bits per heavy atom. The molecule has 3 rings (SSSR count). The van der Waals surface area contributed by atoms with Gasteiger partial charge in [0.2, 0.25) is 0 Å². The van der Waals surface area contributed by atoms with Crippen LogP contribution in [0.15, 0.2) is 52.9 Å². The van der Waals surface area contributed by atoms with E-state index in [0.717, 1.165) is 20.8 Å². The van der Waals surface area contributed by atoms with E-state index in [9.17, 15) is 0 Å². The summed E-state index contributed by atoms with van der Waals surface area (Å²) < 4.78 is 0. The topological polar surface area (TPSA) is 51.6 Å². The van der Waals surface area contributed by atoms with Crippen LogP contribution in [0.4, 0.5) is 0 Å². The van der Waals surface area contributed by atoms with Gasteiger partial charge < -0.3 is 0 Å². The molecule has 3 aromatic rings. The number of fused-ring (bicyclic) bond motifs is 1. The van der Waals surface area contributed by atoms with Crippen LogP contribution in [0.3, 0.4) is 0 Å². The molecule has 0 radical (unpaired) electrons. The zero-order chi connectivity index (χ0) is 12.4. The predicted octanol–water partition coefficient (Wildman–Crippen LogP) is 3.22. The third kappa shape index (κ3) is 2.14. The molecule has 0 bridgehead atoms. The molecule has 0 unspecified atom stereocenters. The second-order valence-electron chi connectivity index (χ2n) is 3.49. The Balaban J connectivity index is 2.10. The molecule has 0 N–H and O–H groups in total. The number of nitrogens with zero attached hydrogens (tertiary/aromatic N) is 4. The molecule has 18 heavy (non-hydrogen) atoms. The Bertz CT molecular complexity index is 690. The van der Waals surface area contributed by atoms with Crippen LogP contribution in [0, 0.1) is 0 Å². The molecule has 0 amide bonds. The number of benzene rings is 1. The van der Waals surface area contributed by atoms with Crippen LogP contribution < -0.4 is 0 Å². The van der Waals surface area contributed by atoms with Gasteiger partial charge in [0.1, 0.15) is 10.1 Å². The smallest absolute Gasteiger partial charge is 0.159 e. The molecule has 6 heteroatoms. The number of rotatable bonds is 2. The summed E-state index contributed by atoms with van der Waals surface area (Å²) in [6.07, 6.45) is 4.97. The molecule has 0 atom stereocenters. The van der Waals surface area contributed by atoms with Gasteiger partial charge in [0.25, 0.3) is 0 Å². The molecular formula is C12H7ClN4S. The summed E-state index contributed by atoms with van der Waals surface area (Å²) in [4.78, 5) is 8.22. The number of hydrogen-bond acceptors (Lipinski definition) is 5. The van der Waals surface area contributed by atoms with Crippen LogP contribution in [0.2, 0.25) is 5.15 Å². The van der Waals surface area contributed by atoms with Gasteiger partial charge in [-0.3, -0.25) is 4.98 Å². The highest BCUT2D eigenvalue weighted by Crippen LogP contribution is 2.31. The summed E-state index contributed by atoms with van der Waals surface area (Å²) in [7, 11) is 0. The van der Waals surface area contributed by atoms with E-state index in [1.54, 1.807) is 18.6 Å². The molecule has 0 fully saturated rings. The number of hydrogen-bond donors (Lipinski definition) is 0. The van der Waals surface area contributed by atoms with Crippen LogP contribution in [0.5, 0.6) is 0 Å². The van der Waals surface area contributed by atoms with E-state index < -0.39 is 0 Å². The van der Waals surface area contributed by atoms with Crippen LogP contribution in [-0.2, 0) is 0 Å². The molecule has 2 aromatic heterocycles. The Morgan fingerprint density at radius 2 is 1.83 bits per heavy atom. The van der Waals surface area contributed by atoms with Crippen LogP contribution in [0.1, 0.15) is 0 Å². The summed E-state index contributed by atoms with van der Waals surface area (Å²) in [5.41, 5.74) is 0. The monoisotopic (exact) mass is 274 g/mol. The lowest BCUT2D eigenvalue weighted by Gasteiger charge is -2.04. The van der Waals surface area contributed by atoms with Gasteiger partial charge >= 0.3 is 0 Å². The summed E-state index contributed by atoms with van der Waals surface area (Å²) in [5.74, 6) is 0. The quantitative estimate of drug-likeness (QED) is 0.718. The van der Waals surface area contributed by atoms with Crippen molar-refractivity contribution < 1.29 is 0 Å². The average molecular weight is 275 g/mol. The standard InChI is InChI=1S/C12H7ClN4S/c13-11-8-3-1-2-4-9(8)12(17-16-11)18-10-7-14-5-6-15-10/h1-7H. The lowest BCUT2D eigenvalue weighted by Crippen LogP contribution is -1.90. The normalized spacial score (nSPS) is 10.7. The highest BCUT2D eigenvalue weighted by atomic mass is 35.5. The van der Waals surface area contributed by atoms with E-state index in [1.807, 2.05) is 24.3 Å². The molecular weight excluding hydrogens is 268 g/mol. The fourth-order valence-electron chi connectivity index (χ4n) is 1.56. The predicted molar refractivity (Wildman–Crippen MR) is 70.7 cm³/mol. The first kappa shape index (κ1) is 11.4.